The second-order valence-electron chi connectivity index (χ2n) is 4.64. The number of nitrogens with two attached hydrogens (primary N) is 1. The number of hydrogen-bond donors (Lipinski definition) is 1. The van der Waals surface area contributed by atoms with Gasteiger partial charge in [0, 0.05) is 26.2 Å². The maximum Gasteiger partial charge on any atom is 0.281 e. The molecule has 6 heteroatoms. The lowest BCUT2D eigenvalue weighted by molar-refractivity contribution is 0.231. The fourth-order valence-electron chi connectivity index (χ4n) is 2.29. The summed E-state index contributed by atoms with van der Waals surface area (Å²) >= 11 is 0. The molecule has 1 saturated heterocycles. The Morgan fingerprint density at radius 3 is 2.71 bits per heavy atom. The summed E-state index contributed by atoms with van der Waals surface area (Å²) in [5, 5.41) is 0. The van der Waals surface area contributed by atoms with Crippen LogP contribution in [0, 0.1) is 0 Å². The van der Waals surface area contributed by atoms with Crippen LogP contribution in [0.4, 0.5) is 0 Å². The van der Waals surface area contributed by atoms with E-state index in [0.717, 1.165) is 25.7 Å². The van der Waals surface area contributed by atoms with Gasteiger partial charge in [0.2, 0.25) is 0 Å². The van der Waals surface area contributed by atoms with Gasteiger partial charge in [-0.1, -0.05) is 13.3 Å². The van der Waals surface area contributed by atoms with Gasteiger partial charge in [0.05, 0.1) is 0 Å². The van der Waals surface area contributed by atoms with Crippen molar-refractivity contribution in [2.45, 2.75) is 45.1 Å². The lowest BCUT2D eigenvalue weighted by Crippen LogP contribution is -2.49. The van der Waals surface area contributed by atoms with Crippen LogP contribution in [-0.4, -0.2) is 49.8 Å². The first-order chi connectivity index (χ1) is 8.04. The second kappa shape index (κ2) is 6.68. The summed E-state index contributed by atoms with van der Waals surface area (Å²) < 4.78 is 27.9. The van der Waals surface area contributed by atoms with Gasteiger partial charge in [0.15, 0.2) is 0 Å². The first-order valence-corrected chi connectivity index (χ1v) is 7.87. The third-order valence-electron chi connectivity index (χ3n) is 3.41. The van der Waals surface area contributed by atoms with Crippen molar-refractivity contribution in [3.05, 3.63) is 0 Å². The van der Waals surface area contributed by atoms with Gasteiger partial charge in [-0.3, -0.25) is 0 Å². The van der Waals surface area contributed by atoms with Crippen molar-refractivity contribution in [2.24, 2.45) is 5.73 Å². The molecule has 0 spiro atoms. The predicted octanol–water partition coefficient (Wildman–Crippen LogP) is 0.776. The maximum atomic E-state index is 12.4. The van der Waals surface area contributed by atoms with Crippen molar-refractivity contribution in [3.63, 3.8) is 0 Å². The van der Waals surface area contributed by atoms with E-state index in [1.54, 1.807) is 11.4 Å². The SMILES string of the molecule is CCC1CCCCN1S(=O)(=O)N(C)CCCN. The molecule has 0 radical (unpaired) electrons. The van der Waals surface area contributed by atoms with E-state index < -0.39 is 10.2 Å². The third kappa shape index (κ3) is 3.64. The third-order valence-corrected chi connectivity index (χ3v) is 5.46. The summed E-state index contributed by atoms with van der Waals surface area (Å²) in [6.45, 7) is 3.75. The molecule has 1 rings (SSSR count). The lowest BCUT2D eigenvalue weighted by atomic mass is 10.0. The van der Waals surface area contributed by atoms with E-state index in [2.05, 4.69) is 6.92 Å². The number of piperidine rings is 1. The van der Waals surface area contributed by atoms with Crippen LogP contribution in [0.5, 0.6) is 0 Å². The van der Waals surface area contributed by atoms with Gasteiger partial charge in [-0.15, -0.1) is 0 Å². The molecule has 1 atom stereocenters. The van der Waals surface area contributed by atoms with E-state index in [4.69, 9.17) is 5.73 Å². The molecule has 17 heavy (non-hydrogen) atoms. The smallest absolute Gasteiger partial charge is 0.281 e. The molecule has 1 aliphatic heterocycles. The number of rotatable bonds is 6. The Kier molecular flexibility index (Phi) is 5.85. The average molecular weight is 263 g/mol. The zero-order valence-corrected chi connectivity index (χ0v) is 11.7. The molecule has 0 saturated carbocycles. The van der Waals surface area contributed by atoms with E-state index in [9.17, 15) is 8.42 Å². The van der Waals surface area contributed by atoms with E-state index in [-0.39, 0.29) is 6.04 Å². The van der Waals surface area contributed by atoms with Crippen LogP contribution in [0.15, 0.2) is 0 Å². The van der Waals surface area contributed by atoms with Gasteiger partial charge in [-0.05, 0) is 32.2 Å². The molecule has 0 aromatic heterocycles. The topological polar surface area (TPSA) is 66.6 Å². The second-order valence-corrected chi connectivity index (χ2v) is 6.63. The molecule has 0 aromatic carbocycles. The Balaban J connectivity index is 2.73. The Morgan fingerprint density at radius 2 is 2.12 bits per heavy atom. The molecule has 1 aliphatic rings. The van der Waals surface area contributed by atoms with Crippen molar-refractivity contribution in [1.29, 1.82) is 0 Å². The van der Waals surface area contributed by atoms with E-state index >= 15 is 0 Å². The average Bonchev–Trinajstić information content (AvgIpc) is 2.35. The van der Waals surface area contributed by atoms with Crippen LogP contribution in [-0.2, 0) is 10.2 Å². The largest absolute Gasteiger partial charge is 0.330 e. The molecular formula is C11H25N3O2S. The summed E-state index contributed by atoms with van der Waals surface area (Å²) in [6, 6.07) is 0.175. The first kappa shape index (κ1) is 14.9. The molecule has 0 aromatic rings. The van der Waals surface area contributed by atoms with Gasteiger partial charge in [0.25, 0.3) is 10.2 Å². The molecule has 5 nitrogen and oxygen atoms in total. The zero-order valence-electron chi connectivity index (χ0n) is 10.9. The van der Waals surface area contributed by atoms with E-state index in [1.165, 1.54) is 4.31 Å². The van der Waals surface area contributed by atoms with Gasteiger partial charge < -0.3 is 5.73 Å². The standard InChI is InChI=1S/C11H25N3O2S/c1-3-11-7-4-5-10-14(11)17(15,16)13(2)9-6-8-12/h11H,3-10,12H2,1-2H3. The van der Waals surface area contributed by atoms with Crippen molar-refractivity contribution in [3.8, 4) is 0 Å². The highest BCUT2D eigenvalue weighted by Crippen LogP contribution is 2.23. The Morgan fingerprint density at radius 1 is 1.41 bits per heavy atom. The van der Waals surface area contributed by atoms with Crippen LogP contribution in [0.25, 0.3) is 0 Å². The summed E-state index contributed by atoms with van der Waals surface area (Å²) in [7, 11) is -1.64. The van der Waals surface area contributed by atoms with Gasteiger partial charge in [-0.2, -0.15) is 17.0 Å². The minimum absolute atomic E-state index is 0.175. The van der Waals surface area contributed by atoms with Crippen LogP contribution in [0.3, 0.4) is 0 Å². The minimum atomic E-state index is -3.28. The lowest BCUT2D eigenvalue weighted by Gasteiger charge is -2.36. The zero-order chi connectivity index (χ0) is 12.9. The molecule has 1 heterocycles. The molecule has 1 unspecified atom stereocenters. The quantitative estimate of drug-likeness (QED) is 0.770. The highest BCUT2D eigenvalue weighted by atomic mass is 32.2. The Labute approximate surface area is 105 Å². The fourth-order valence-corrected chi connectivity index (χ4v) is 4.00. The molecule has 1 fully saturated rings. The summed E-state index contributed by atoms with van der Waals surface area (Å²) in [5.41, 5.74) is 5.42. The van der Waals surface area contributed by atoms with Crippen LogP contribution in [0.2, 0.25) is 0 Å². The summed E-state index contributed by atoms with van der Waals surface area (Å²) in [6.07, 6.45) is 4.70. The van der Waals surface area contributed by atoms with E-state index in [1.807, 2.05) is 0 Å². The van der Waals surface area contributed by atoms with Gasteiger partial charge in [-0.25, -0.2) is 0 Å². The Hall–Kier alpha value is -0.170. The van der Waals surface area contributed by atoms with E-state index in [0.29, 0.717) is 26.1 Å². The van der Waals surface area contributed by atoms with Crippen LogP contribution < -0.4 is 5.73 Å². The van der Waals surface area contributed by atoms with Crippen molar-refractivity contribution in [2.75, 3.05) is 26.7 Å². The van der Waals surface area contributed by atoms with Crippen molar-refractivity contribution >= 4 is 10.2 Å². The molecule has 0 aliphatic carbocycles. The summed E-state index contributed by atoms with van der Waals surface area (Å²) in [5.74, 6) is 0. The highest BCUT2D eigenvalue weighted by Gasteiger charge is 2.33. The molecule has 2 N–H and O–H groups in total. The number of hydrogen-bond acceptors (Lipinski definition) is 3. The van der Waals surface area contributed by atoms with Crippen molar-refractivity contribution < 1.29 is 8.42 Å². The van der Waals surface area contributed by atoms with Crippen LogP contribution in [0.1, 0.15) is 39.0 Å². The maximum absolute atomic E-state index is 12.4. The van der Waals surface area contributed by atoms with Crippen molar-refractivity contribution in [1.82, 2.24) is 8.61 Å². The normalized spacial score (nSPS) is 23.2. The molecule has 102 valence electrons. The molecular weight excluding hydrogens is 238 g/mol. The molecule has 0 amide bonds. The first-order valence-electron chi connectivity index (χ1n) is 6.47. The van der Waals surface area contributed by atoms with Gasteiger partial charge >= 0.3 is 0 Å². The molecule has 0 bridgehead atoms. The summed E-state index contributed by atoms with van der Waals surface area (Å²) in [4.78, 5) is 0. The monoisotopic (exact) mass is 263 g/mol. The fraction of sp³-hybridized carbons (Fsp3) is 1.00. The number of nitrogens with zero attached hydrogens (tertiary/aromatic N) is 2. The Bertz CT molecular complexity index is 319. The van der Waals surface area contributed by atoms with Gasteiger partial charge in [0.1, 0.15) is 0 Å². The minimum Gasteiger partial charge on any atom is -0.330 e. The van der Waals surface area contributed by atoms with Crippen LogP contribution >= 0.6 is 0 Å². The highest BCUT2D eigenvalue weighted by molar-refractivity contribution is 7.86. The predicted molar refractivity (Wildman–Crippen MR) is 69.9 cm³/mol.